The van der Waals surface area contributed by atoms with Gasteiger partial charge in [-0.3, -0.25) is 4.79 Å². The van der Waals surface area contributed by atoms with E-state index in [-0.39, 0.29) is 5.41 Å². The number of alkyl halides is 1. The minimum absolute atomic E-state index is 0.239. The number of rotatable bonds is 4. The van der Waals surface area contributed by atoms with Gasteiger partial charge in [-0.1, -0.05) is 15.9 Å². The summed E-state index contributed by atoms with van der Waals surface area (Å²) in [6, 6.07) is 4.12. The van der Waals surface area contributed by atoms with Gasteiger partial charge in [0.25, 0.3) is 0 Å². The quantitative estimate of drug-likeness (QED) is 0.627. The fourth-order valence-corrected chi connectivity index (χ4v) is 8.58. The molecule has 2 atom stereocenters. The molecule has 152 valence electrons. The molecule has 1 amide bonds. The second-order valence-electron chi connectivity index (χ2n) is 9.83. The van der Waals surface area contributed by atoms with Crippen molar-refractivity contribution in [2.45, 2.75) is 62.2 Å². The van der Waals surface area contributed by atoms with Crippen molar-refractivity contribution < 1.29 is 14.3 Å². The predicted molar refractivity (Wildman–Crippen MR) is 112 cm³/mol. The lowest BCUT2D eigenvalue weighted by atomic mass is 9.48. The van der Waals surface area contributed by atoms with Gasteiger partial charge < -0.3 is 14.4 Å². The Labute approximate surface area is 176 Å². The Balaban J connectivity index is 1.32. The Morgan fingerprint density at radius 2 is 1.75 bits per heavy atom. The van der Waals surface area contributed by atoms with Gasteiger partial charge in [-0.2, -0.15) is 0 Å². The normalized spacial score (nSPS) is 35.6. The lowest BCUT2D eigenvalue weighted by molar-refractivity contribution is -0.139. The van der Waals surface area contributed by atoms with Crippen LogP contribution in [0.15, 0.2) is 12.1 Å². The van der Waals surface area contributed by atoms with E-state index in [0.717, 1.165) is 42.7 Å². The summed E-state index contributed by atoms with van der Waals surface area (Å²) in [6.07, 6.45) is 9.36. The molecule has 6 rings (SSSR count). The zero-order valence-corrected chi connectivity index (χ0v) is 18.5. The number of halogens is 1. The maximum absolute atomic E-state index is 13.3. The summed E-state index contributed by atoms with van der Waals surface area (Å²) in [5.41, 5.74) is 2.71. The van der Waals surface area contributed by atoms with Gasteiger partial charge in [0.15, 0.2) is 11.5 Å². The van der Waals surface area contributed by atoms with E-state index in [1.54, 1.807) is 14.2 Å². The number of methoxy groups -OCH3 is 2. The van der Waals surface area contributed by atoms with Crippen LogP contribution in [0.3, 0.4) is 0 Å². The van der Waals surface area contributed by atoms with E-state index in [2.05, 4.69) is 26.9 Å². The molecule has 4 saturated carbocycles. The minimum Gasteiger partial charge on any atom is -0.493 e. The molecule has 4 aliphatic carbocycles. The average Bonchev–Trinajstić information content (AvgIpc) is 2.63. The second kappa shape index (κ2) is 6.65. The molecule has 2 unspecified atom stereocenters. The van der Waals surface area contributed by atoms with E-state index in [9.17, 15) is 4.79 Å². The number of fused-ring (bicyclic) bond motifs is 1. The average molecular weight is 448 g/mol. The summed E-state index contributed by atoms with van der Waals surface area (Å²) in [7, 11) is 3.34. The number of hydrogen-bond donors (Lipinski definition) is 0. The molecular formula is C23H30BrNO3. The first-order chi connectivity index (χ1) is 13.4. The summed E-state index contributed by atoms with van der Waals surface area (Å²) < 4.78 is 11.2. The Hall–Kier alpha value is -1.23. The molecule has 1 aliphatic heterocycles. The van der Waals surface area contributed by atoms with E-state index >= 15 is 0 Å². The van der Waals surface area contributed by atoms with E-state index < -0.39 is 0 Å². The Morgan fingerprint density at radius 3 is 2.36 bits per heavy atom. The molecule has 5 aliphatic rings. The Kier molecular flexibility index (Phi) is 4.46. The monoisotopic (exact) mass is 447 g/mol. The van der Waals surface area contributed by atoms with Crippen LogP contribution in [0.1, 0.15) is 56.1 Å². The zero-order valence-electron chi connectivity index (χ0n) is 16.9. The number of amides is 1. The summed E-state index contributed by atoms with van der Waals surface area (Å²) >= 11 is 4.08. The first-order valence-electron chi connectivity index (χ1n) is 10.6. The van der Waals surface area contributed by atoms with Gasteiger partial charge in [0.2, 0.25) is 5.91 Å². The van der Waals surface area contributed by atoms with Gasteiger partial charge in [0.05, 0.1) is 14.2 Å². The predicted octanol–water partition coefficient (Wildman–Crippen LogP) is 4.71. The second-order valence-corrected chi connectivity index (χ2v) is 11.5. The van der Waals surface area contributed by atoms with Gasteiger partial charge in [-0.15, -0.1) is 0 Å². The lowest BCUT2D eigenvalue weighted by Gasteiger charge is -2.60. The molecule has 4 bridgehead atoms. The number of carbonyl (C=O) groups is 1. The third kappa shape index (κ3) is 3.14. The van der Waals surface area contributed by atoms with Crippen LogP contribution >= 0.6 is 15.9 Å². The van der Waals surface area contributed by atoms with Crippen molar-refractivity contribution in [3.8, 4) is 11.5 Å². The summed E-state index contributed by atoms with van der Waals surface area (Å²) in [5, 5.41) is 0. The molecule has 1 aromatic rings. The SMILES string of the molecule is COc1cc2c(cc1OC)CN(C(=O)CC13CC4CC(CC(Br)(C4)C1)C3)CC2. The van der Waals surface area contributed by atoms with Crippen LogP contribution in [-0.2, 0) is 17.8 Å². The fraction of sp³-hybridized carbons (Fsp3) is 0.696. The number of carbonyl (C=O) groups excluding carboxylic acids is 1. The van der Waals surface area contributed by atoms with Crippen molar-refractivity contribution in [1.82, 2.24) is 4.90 Å². The van der Waals surface area contributed by atoms with Crippen LogP contribution in [0.4, 0.5) is 0 Å². The largest absolute Gasteiger partial charge is 0.493 e. The molecule has 4 fully saturated rings. The lowest BCUT2D eigenvalue weighted by Crippen LogP contribution is -2.54. The van der Waals surface area contributed by atoms with E-state index in [0.29, 0.717) is 16.8 Å². The number of hydrogen-bond acceptors (Lipinski definition) is 3. The van der Waals surface area contributed by atoms with Crippen LogP contribution in [0.25, 0.3) is 0 Å². The van der Waals surface area contributed by atoms with E-state index in [1.807, 2.05) is 6.07 Å². The molecule has 0 aromatic heterocycles. The van der Waals surface area contributed by atoms with Crippen molar-refractivity contribution in [2.24, 2.45) is 17.3 Å². The van der Waals surface area contributed by atoms with Crippen LogP contribution in [-0.4, -0.2) is 35.9 Å². The Bertz CT molecular complexity index is 793. The highest BCUT2D eigenvalue weighted by Crippen LogP contribution is 2.65. The molecule has 0 saturated heterocycles. The molecule has 0 spiro atoms. The highest BCUT2D eigenvalue weighted by Gasteiger charge is 2.57. The summed E-state index contributed by atoms with van der Waals surface area (Å²) in [4.78, 5) is 15.4. The molecule has 0 radical (unpaired) electrons. The van der Waals surface area contributed by atoms with Crippen molar-refractivity contribution in [1.29, 1.82) is 0 Å². The van der Waals surface area contributed by atoms with E-state index in [1.165, 1.54) is 49.7 Å². The summed E-state index contributed by atoms with van der Waals surface area (Å²) in [5.74, 6) is 3.52. The number of nitrogens with zero attached hydrogens (tertiary/aromatic N) is 1. The zero-order chi connectivity index (χ0) is 19.5. The molecule has 5 heteroatoms. The van der Waals surface area contributed by atoms with Crippen molar-refractivity contribution in [2.75, 3.05) is 20.8 Å². The minimum atomic E-state index is 0.239. The molecular weight excluding hydrogens is 418 g/mol. The topological polar surface area (TPSA) is 38.8 Å². The highest BCUT2D eigenvalue weighted by molar-refractivity contribution is 9.10. The molecule has 1 heterocycles. The third-order valence-corrected chi connectivity index (χ3v) is 8.64. The number of ether oxygens (including phenoxy) is 2. The van der Waals surface area contributed by atoms with Crippen LogP contribution in [0.2, 0.25) is 0 Å². The first kappa shape index (κ1) is 18.8. The van der Waals surface area contributed by atoms with Gasteiger partial charge in [-0.25, -0.2) is 0 Å². The molecule has 1 aromatic carbocycles. The standard InChI is InChI=1S/C23H30BrNO3/c1-27-19-6-17-3-4-25(13-18(17)7-20(19)28-2)21(26)12-22-8-15-5-16(9-22)11-23(24,10-15)14-22/h6-7,15-16H,3-5,8-14H2,1-2H3. The smallest absolute Gasteiger partial charge is 0.223 e. The first-order valence-corrected chi connectivity index (χ1v) is 11.4. The van der Waals surface area contributed by atoms with Crippen LogP contribution in [0, 0.1) is 17.3 Å². The summed E-state index contributed by atoms with van der Waals surface area (Å²) in [6.45, 7) is 1.50. The van der Waals surface area contributed by atoms with Crippen LogP contribution < -0.4 is 9.47 Å². The van der Waals surface area contributed by atoms with Crippen molar-refractivity contribution in [3.05, 3.63) is 23.3 Å². The van der Waals surface area contributed by atoms with Gasteiger partial charge >= 0.3 is 0 Å². The maximum Gasteiger partial charge on any atom is 0.223 e. The molecule has 0 N–H and O–H groups in total. The maximum atomic E-state index is 13.3. The third-order valence-electron chi connectivity index (χ3n) is 7.71. The van der Waals surface area contributed by atoms with Gasteiger partial charge in [-0.05, 0) is 85.5 Å². The molecule has 28 heavy (non-hydrogen) atoms. The van der Waals surface area contributed by atoms with Crippen molar-refractivity contribution in [3.63, 3.8) is 0 Å². The fourth-order valence-electron chi connectivity index (χ4n) is 7.07. The van der Waals surface area contributed by atoms with Gasteiger partial charge in [0.1, 0.15) is 0 Å². The Morgan fingerprint density at radius 1 is 1.11 bits per heavy atom. The van der Waals surface area contributed by atoms with E-state index in [4.69, 9.17) is 9.47 Å². The van der Waals surface area contributed by atoms with Crippen molar-refractivity contribution >= 4 is 21.8 Å². The molecule has 4 nitrogen and oxygen atoms in total. The van der Waals surface area contributed by atoms with Gasteiger partial charge in [0, 0.05) is 23.8 Å². The number of benzene rings is 1. The highest BCUT2D eigenvalue weighted by atomic mass is 79.9. The van der Waals surface area contributed by atoms with Crippen LogP contribution in [0.5, 0.6) is 11.5 Å².